The van der Waals surface area contributed by atoms with Crippen LogP contribution >= 0.6 is 0 Å². The molecule has 2 aromatic carbocycles. The van der Waals surface area contributed by atoms with Crippen molar-refractivity contribution >= 4 is 16.8 Å². The van der Waals surface area contributed by atoms with Gasteiger partial charge in [0.15, 0.2) is 0 Å². The minimum Gasteiger partial charge on any atom is -0.347 e. The number of hydrogen-bond acceptors (Lipinski definition) is 2. The maximum Gasteiger partial charge on any atom is 0.251 e. The van der Waals surface area contributed by atoms with Gasteiger partial charge in [0.1, 0.15) is 5.82 Å². The van der Waals surface area contributed by atoms with E-state index in [-0.39, 0.29) is 17.3 Å². The Kier molecular flexibility index (Phi) is 5.43. The summed E-state index contributed by atoms with van der Waals surface area (Å²) in [4.78, 5) is 17.1. The number of terminal acetylenes is 1. The summed E-state index contributed by atoms with van der Waals surface area (Å²) in [6, 6.07) is 14.1. The minimum atomic E-state index is -0.208. The number of carbonyl (C=O) groups excluding carboxylic acids is 1. The Balaban J connectivity index is 1.20. The number of fused-ring (bicyclic) bond motifs is 1. The molecule has 0 atom stereocenters. The highest BCUT2D eigenvalue weighted by Crippen LogP contribution is 2.47. The first-order chi connectivity index (χ1) is 15.5. The second-order valence-electron chi connectivity index (χ2n) is 9.44. The first-order valence-corrected chi connectivity index (χ1v) is 11.5. The van der Waals surface area contributed by atoms with Crippen LogP contribution in [-0.2, 0) is 0 Å². The van der Waals surface area contributed by atoms with Gasteiger partial charge in [0.2, 0.25) is 0 Å². The standard InChI is InChI=1S/C28H27FN2O/c1-2-19-3-9-22(10-4-19)27(32)31-28(14-15-28)18-20-5-7-21(8-6-20)24-13-16-30-26-12-11-23(29)17-25(24)26/h1,3-4,9-13,16-17,20-21H,5-8,14-15,18H2,(H,31,32)/t20-,21+. The molecule has 0 spiro atoms. The van der Waals surface area contributed by atoms with E-state index >= 15 is 0 Å². The van der Waals surface area contributed by atoms with Crippen molar-refractivity contribution in [3.05, 3.63) is 77.2 Å². The van der Waals surface area contributed by atoms with Gasteiger partial charge in [-0.05, 0) is 111 Å². The first-order valence-electron chi connectivity index (χ1n) is 11.5. The van der Waals surface area contributed by atoms with Crippen LogP contribution in [0, 0.1) is 24.1 Å². The van der Waals surface area contributed by atoms with Crippen LogP contribution in [0.5, 0.6) is 0 Å². The molecule has 1 amide bonds. The SMILES string of the molecule is C#Cc1ccc(C(=O)NC2(C[C@H]3CC[C@@H](c4ccnc5ccc(F)cc54)CC3)CC2)cc1. The number of rotatable bonds is 5. The third-order valence-electron chi connectivity index (χ3n) is 7.25. The molecule has 3 aromatic rings. The summed E-state index contributed by atoms with van der Waals surface area (Å²) in [5.41, 5.74) is 3.48. The number of aromatic nitrogens is 1. The summed E-state index contributed by atoms with van der Waals surface area (Å²) >= 11 is 0. The molecule has 5 rings (SSSR count). The van der Waals surface area contributed by atoms with E-state index in [4.69, 9.17) is 6.42 Å². The van der Waals surface area contributed by atoms with Crippen LogP contribution in [0.4, 0.5) is 4.39 Å². The number of nitrogens with one attached hydrogen (secondary N) is 1. The third kappa shape index (κ3) is 4.25. The highest BCUT2D eigenvalue weighted by Gasteiger charge is 2.45. The fourth-order valence-electron chi connectivity index (χ4n) is 5.29. The molecule has 0 bridgehead atoms. The zero-order chi connectivity index (χ0) is 22.1. The summed E-state index contributed by atoms with van der Waals surface area (Å²) in [5, 5.41) is 4.24. The van der Waals surface area contributed by atoms with Gasteiger partial charge < -0.3 is 5.32 Å². The van der Waals surface area contributed by atoms with Gasteiger partial charge in [-0.2, -0.15) is 0 Å². The normalized spacial score (nSPS) is 21.6. The van der Waals surface area contributed by atoms with E-state index in [0.717, 1.165) is 61.4 Å². The molecule has 0 radical (unpaired) electrons. The monoisotopic (exact) mass is 426 g/mol. The van der Waals surface area contributed by atoms with Crippen LogP contribution < -0.4 is 5.32 Å². The number of halogens is 1. The maximum atomic E-state index is 13.8. The van der Waals surface area contributed by atoms with Gasteiger partial charge in [0.25, 0.3) is 5.91 Å². The van der Waals surface area contributed by atoms with Crippen LogP contribution in [0.2, 0.25) is 0 Å². The molecule has 1 N–H and O–H groups in total. The predicted octanol–water partition coefficient (Wildman–Crippen LogP) is 5.98. The van der Waals surface area contributed by atoms with Crippen molar-refractivity contribution in [2.45, 2.75) is 56.4 Å². The van der Waals surface area contributed by atoms with E-state index in [0.29, 0.717) is 17.4 Å². The molecular weight excluding hydrogens is 399 g/mol. The predicted molar refractivity (Wildman–Crippen MR) is 125 cm³/mol. The molecule has 0 aliphatic heterocycles. The lowest BCUT2D eigenvalue weighted by Gasteiger charge is -2.32. The number of benzene rings is 2. The zero-order valence-corrected chi connectivity index (χ0v) is 18.1. The third-order valence-corrected chi connectivity index (χ3v) is 7.25. The van der Waals surface area contributed by atoms with E-state index in [1.807, 2.05) is 18.3 Å². The Morgan fingerprint density at radius 2 is 1.84 bits per heavy atom. The fourth-order valence-corrected chi connectivity index (χ4v) is 5.29. The van der Waals surface area contributed by atoms with Crippen molar-refractivity contribution in [3.8, 4) is 12.3 Å². The van der Waals surface area contributed by atoms with Gasteiger partial charge >= 0.3 is 0 Å². The molecule has 2 fully saturated rings. The smallest absolute Gasteiger partial charge is 0.251 e. The van der Waals surface area contributed by atoms with Crippen molar-refractivity contribution in [1.29, 1.82) is 0 Å². The number of pyridine rings is 1. The van der Waals surface area contributed by atoms with E-state index in [1.165, 1.54) is 11.6 Å². The largest absolute Gasteiger partial charge is 0.347 e. The van der Waals surface area contributed by atoms with Crippen molar-refractivity contribution in [2.24, 2.45) is 5.92 Å². The summed E-state index contributed by atoms with van der Waals surface area (Å²) in [6.45, 7) is 0. The minimum absolute atomic E-state index is 0.00922. The average molecular weight is 427 g/mol. The number of hydrogen-bond donors (Lipinski definition) is 1. The van der Waals surface area contributed by atoms with Crippen LogP contribution in [-0.4, -0.2) is 16.4 Å². The molecular formula is C28H27FN2O. The van der Waals surface area contributed by atoms with Crippen LogP contribution in [0.3, 0.4) is 0 Å². The zero-order valence-electron chi connectivity index (χ0n) is 18.1. The Morgan fingerprint density at radius 3 is 2.53 bits per heavy atom. The summed E-state index contributed by atoms with van der Waals surface area (Å²) in [6.07, 6.45) is 14.8. The molecule has 4 heteroatoms. The van der Waals surface area contributed by atoms with Gasteiger partial charge in [0, 0.05) is 28.2 Å². The van der Waals surface area contributed by atoms with Gasteiger partial charge in [-0.1, -0.05) is 5.92 Å². The molecule has 32 heavy (non-hydrogen) atoms. The number of nitrogens with zero attached hydrogens (tertiary/aromatic N) is 1. The number of amides is 1. The lowest BCUT2D eigenvalue weighted by molar-refractivity contribution is 0.0921. The van der Waals surface area contributed by atoms with Crippen molar-refractivity contribution in [3.63, 3.8) is 0 Å². The molecule has 2 saturated carbocycles. The van der Waals surface area contributed by atoms with E-state index in [2.05, 4.69) is 22.3 Å². The number of carbonyl (C=O) groups is 1. The maximum absolute atomic E-state index is 13.8. The Morgan fingerprint density at radius 1 is 1.09 bits per heavy atom. The highest BCUT2D eigenvalue weighted by atomic mass is 19.1. The molecule has 162 valence electrons. The molecule has 0 saturated heterocycles. The van der Waals surface area contributed by atoms with E-state index in [1.54, 1.807) is 24.3 Å². The van der Waals surface area contributed by atoms with Crippen LogP contribution in [0.1, 0.15) is 72.3 Å². The molecule has 2 aliphatic carbocycles. The topological polar surface area (TPSA) is 42.0 Å². The lowest BCUT2D eigenvalue weighted by Crippen LogP contribution is -2.38. The quantitative estimate of drug-likeness (QED) is 0.510. The van der Waals surface area contributed by atoms with Gasteiger partial charge in [-0.25, -0.2) is 4.39 Å². The molecule has 3 nitrogen and oxygen atoms in total. The van der Waals surface area contributed by atoms with Gasteiger partial charge in [0.05, 0.1) is 5.52 Å². The second-order valence-corrected chi connectivity index (χ2v) is 9.44. The van der Waals surface area contributed by atoms with Gasteiger partial charge in [-0.3, -0.25) is 9.78 Å². The molecule has 1 heterocycles. The van der Waals surface area contributed by atoms with Gasteiger partial charge in [-0.15, -0.1) is 6.42 Å². The molecule has 2 aliphatic rings. The summed E-state index contributed by atoms with van der Waals surface area (Å²) in [7, 11) is 0. The molecule has 1 aromatic heterocycles. The second kappa shape index (κ2) is 8.39. The first kappa shape index (κ1) is 20.7. The Bertz CT molecular complexity index is 1180. The summed E-state index contributed by atoms with van der Waals surface area (Å²) < 4.78 is 13.8. The Hall–Kier alpha value is -3.19. The van der Waals surface area contributed by atoms with Crippen LogP contribution in [0.15, 0.2) is 54.7 Å². The van der Waals surface area contributed by atoms with Crippen molar-refractivity contribution < 1.29 is 9.18 Å². The Labute approximate surface area is 188 Å². The molecule has 0 unspecified atom stereocenters. The van der Waals surface area contributed by atoms with E-state index in [9.17, 15) is 9.18 Å². The van der Waals surface area contributed by atoms with Crippen molar-refractivity contribution in [2.75, 3.05) is 0 Å². The fraction of sp³-hybridized carbons (Fsp3) is 0.357. The highest BCUT2D eigenvalue weighted by molar-refractivity contribution is 5.95. The van der Waals surface area contributed by atoms with Crippen LogP contribution in [0.25, 0.3) is 10.9 Å². The average Bonchev–Trinajstić information content (AvgIpc) is 3.58. The van der Waals surface area contributed by atoms with Crippen molar-refractivity contribution in [1.82, 2.24) is 10.3 Å². The lowest BCUT2D eigenvalue weighted by atomic mass is 9.75. The summed E-state index contributed by atoms with van der Waals surface area (Å²) in [5.74, 6) is 3.42. The van der Waals surface area contributed by atoms with E-state index < -0.39 is 0 Å².